The molecular formula is C9H10F2O2. The van der Waals surface area contributed by atoms with Crippen LogP contribution in [0, 0.1) is 6.92 Å². The molecule has 0 radical (unpaired) electrons. The van der Waals surface area contributed by atoms with Gasteiger partial charge in [0.05, 0.1) is 0 Å². The first-order valence-electron chi connectivity index (χ1n) is 3.47. The van der Waals surface area contributed by atoms with Gasteiger partial charge in [0.1, 0.15) is 0 Å². The lowest BCUT2D eigenvalue weighted by Gasteiger charge is -2.08. The molecule has 0 unspecified atom stereocenters. The summed E-state index contributed by atoms with van der Waals surface area (Å²) in [5.74, 6) is -3.35. The fourth-order valence-corrected chi connectivity index (χ4v) is 0.844. The number of carbonyl (C=O) groups excluding carboxylic acids is 1. The summed E-state index contributed by atoms with van der Waals surface area (Å²) < 4.78 is 25.3. The third-order valence-electron chi connectivity index (χ3n) is 1.58. The van der Waals surface area contributed by atoms with Crippen LogP contribution in [0.5, 0.6) is 0 Å². The van der Waals surface area contributed by atoms with Crippen LogP contribution in [0.15, 0.2) is 24.3 Å². The maximum Gasteiger partial charge on any atom is 0.327 e. The lowest BCUT2D eigenvalue weighted by Crippen LogP contribution is -2.14. The van der Waals surface area contributed by atoms with E-state index < -0.39 is 5.92 Å². The van der Waals surface area contributed by atoms with E-state index in [0.29, 0.717) is 0 Å². The minimum absolute atomic E-state index is 0. The molecule has 72 valence electrons. The molecule has 0 atom stereocenters. The van der Waals surface area contributed by atoms with Gasteiger partial charge in [-0.2, -0.15) is 8.78 Å². The number of hydrogen-bond donors (Lipinski definition) is 0. The van der Waals surface area contributed by atoms with E-state index in [1.54, 1.807) is 19.1 Å². The number of alkyl halides is 2. The Kier molecular flexibility index (Phi) is 3.69. The summed E-state index contributed by atoms with van der Waals surface area (Å²) in [6, 6.07) is 5.60. The van der Waals surface area contributed by atoms with E-state index in [0.717, 1.165) is 5.56 Å². The smallest absolute Gasteiger partial charge is 0.327 e. The van der Waals surface area contributed by atoms with E-state index in [1.807, 2.05) is 0 Å². The molecule has 0 aliphatic carbocycles. The molecule has 0 bridgehead atoms. The highest BCUT2D eigenvalue weighted by Gasteiger charge is 2.30. The molecule has 1 aromatic rings. The lowest BCUT2D eigenvalue weighted by atomic mass is 10.1. The molecule has 0 aliphatic heterocycles. The van der Waals surface area contributed by atoms with Gasteiger partial charge in [0.25, 0.3) is 0 Å². The number of aryl methyl sites for hydroxylation is 1. The molecule has 2 nitrogen and oxygen atoms in total. The predicted octanol–water partition coefficient (Wildman–Crippen LogP) is 1.46. The van der Waals surface area contributed by atoms with E-state index in [-0.39, 0.29) is 17.3 Å². The second kappa shape index (κ2) is 4.09. The van der Waals surface area contributed by atoms with Crippen molar-refractivity contribution in [3.8, 4) is 0 Å². The highest BCUT2D eigenvalue weighted by molar-refractivity contribution is 5.63. The fourth-order valence-electron chi connectivity index (χ4n) is 0.844. The van der Waals surface area contributed by atoms with Gasteiger partial charge in [-0.25, -0.2) is 0 Å². The van der Waals surface area contributed by atoms with Gasteiger partial charge in [-0.15, -0.1) is 0 Å². The highest BCUT2D eigenvalue weighted by atomic mass is 19.3. The second-order valence-corrected chi connectivity index (χ2v) is 2.61. The zero-order valence-electron chi connectivity index (χ0n) is 7.05. The Labute approximate surface area is 74.5 Å². The quantitative estimate of drug-likeness (QED) is 0.648. The van der Waals surface area contributed by atoms with Crippen molar-refractivity contribution >= 4 is 6.29 Å². The molecule has 0 heterocycles. The average Bonchev–Trinajstić information content (AvgIpc) is 2.05. The molecule has 0 amide bonds. The van der Waals surface area contributed by atoms with Gasteiger partial charge in [-0.3, -0.25) is 4.79 Å². The Balaban J connectivity index is 0.00000144. The monoisotopic (exact) mass is 188 g/mol. The summed E-state index contributed by atoms with van der Waals surface area (Å²) in [5.41, 5.74) is 0.628. The number of hydrogen-bond acceptors (Lipinski definition) is 1. The molecule has 0 aromatic heterocycles. The molecule has 4 heteroatoms. The van der Waals surface area contributed by atoms with Crippen LogP contribution in [0.2, 0.25) is 0 Å². The van der Waals surface area contributed by atoms with Gasteiger partial charge < -0.3 is 5.48 Å². The summed E-state index contributed by atoms with van der Waals surface area (Å²) in [4.78, 5) is 9.96. The van der Waals surface area contributed by atoms with E-state index in [2.05, 4.69) is 0 Å². The molecule has 0 saturated heterocycles. The van der Waals surface area contributed by atoms with Crippen molar-refractivity contribution in [3.05, 3.63) is 35.4 Å². The Bertz CT molecular complexity index is 280. The third kappa shape index (κ3) is 2.59. The minimum Gasteiger partial charge on any atom is -0.412 e. The molecule has 0 aliphatic rings. The Hall–Kier alpha value is -1.29. The van der Waals surface area contributed by atoms with Crippen LogP contribution in [0.3, 0.4) is 0 Å². The second-order valence-electron chi connectivity index (χ2n) is 2.61. The number of carbonyl (C=O) groups is 1. The van der Waals surface area contributed by atoms with Crippen molar-refractivity contribution in [1.82, 2.24) is 0 Å². The van der Waals surface area contributed by atoms with Crippen molar-refractivity contribution < 1.29 is 19.1 Å². The van der Waals surface area contributed by atoms with Crippen LogP contribution < -0.4 is 0 Å². The van der Waals surface area contributed by atoms with Gasteiger partial charge in [-0.1, -0.05) is 29.8 Å². The number of aldehydes is 1. The first-order chi connectivity index (χ1) is 5.56. The van der Waals surface area contributed by atoms with Crippen molar-refractivity contribution in [2.24, 2.45) is 0 Å². The van der Waals surface area contributed by atoms with Crippen LogP contribution in [-0.4, -0.2) is 11.8 Å². The van der Waals surface area contributed by atoms with Crippen LogP contribution in [0.4, 0.5) is 8.78 Å². The van der Waals surface area contributed by atoms with E-state index in [4.69, 9.17) is 0 Å². The highest BCUT2D eigenvalue weighted by Crippen LogP contribution is 2.24. The topological polar surface area (TPSA) is 48.6 Å². The molecule has 0 fully saturated rings. The van der Waals surface area contributed by atoms with Gasteiger partial charge in [-0.05, 0) is 6.92 Å². The average molecular weight is 188 g/mol. The molecule has 1 aromatic carbocycles. The molecule has 0 saturated carbocycles. The van der Waals surface area contributed by atoms with E-state index in [1.165, 1.54) is 12.1 Å². The Morgan fingerprint density at radius 2 is 1.69 bits per heavy atom. The third-order valence-corrected chi connectivity index (χ3v) is 1.58. The summed E-state index contributed by atoms with van der Waals surface area (Å²) in [6.45, 7) is 1.79. The number of halogens is 2. The number of benzene rings is 1. The van der Waals surface area contributed by atoms with Gasteiger partial charge in [0, 0.05) is 5.56 Å². The summed E-state index contributed by atoms with van der Waals surface area (Å²) in [6.07, 6.45) is -0.350. The largest absolute Gasteiger partial charge is 0.412 e. The molecule has 0 spiro atoms. The molecular weight excluding hydrogens is 178 g/mol. The van der Waals surface area contributed by atoms with Crippen molar-refractivity contribution in [2.45, 2.75) is 12.8 Å². The van der Waals surface area contributed by atoms with Gasteiger partial charge in [0.15, 0.2) is 6.29 Å². The maximum atomic E-state index is 12.6. The van der Waals surface area contributed by atoms with Crippen molar-refractivity contribution in [3.63, 3.8) is 0 Å². The normalized spacial score (nSPS) is 10.4. The Morgan fingerprint density at radius 1 is 1.23 bits per heavy atom. The molecule has 13 heavy (non-hydrogen) atoms. The predicted molar refractivity (Wildman–Crippen MR) is 44.8 cm³/mol. The molecule has 1 rings (SSSR count). The summed E-state index contributed by atoms with van der Waals surface area (Å²) in [7, 11) is 0. The van der Waals surface area contributed by atoms with Crippen molar-refractivity contribution in [1.29, 1.82) is 0 Å². The van der Waals surface area contributed by atoms with Crippen LogP contribution in [0.25, 0.3) is 0 Å². The first-order valence-corrected chi connectivity index (χ1v) is 3.47. The lowest BCUT2D eigenvalue weighted by molar-refractivity contribution is -0.130. The standard InChI is InChI=1S/C9H8F2O.H2O/c1-7-2-4-8(5-3-7)9(10,11)6-12;/h2-6H,1H3;1H2. The zero-order valence-corrected chi connectivity index (χ0v) is 7.05. The van der Waals surface area contributed by atoms with Crippen LogP contribution in [0.1, 0.15) is 11.1 Å². The number of rotatable bonds is 2. The van der Waals surface area contributed by atoms with E-state index in [9.17, 15) is 13.6 Å². The van der Waals surface area contributed by atoms with Crippen LogP contribution >= 0.6 is 0 Å². The molecule has 2 N–H and O–H groups in total. The van der Waals surface area contributed by atoms with Gasteiger partial charge >= 0.3 is 5.92 Å². The summed E-state index contributed by atoms with van der Waals surface area (Å²) in [5, 5.41) is 0. The van der Waals surface area contributed by atoms with Gasteiger partial charge in [0.2, 0.25) is 0 Å². The zero-order chi connectivity index (χ0) is 9.19. The summed E-state index contributed by atoms with van der Waals surface area (Å²) >= 11 is 0. The fraction of sp³-hybridized carbons (Fsp3) is 0.222. The van der Waals surface area contributed by atoms with Crippen molar-refractivity contribution in [2.75, 3.05) is 0 Å². The maximum absolute atomic E-state index is 12.6. The van der Waals surface area contributed by atoms with E-state index >= 15 is 0 Å². The van der Waals surface area contributed by atoms with Crippen LogP contribution in [-0.2, 0) is 10.7 Å². The Morgan fingerprint density at radius 3 is 2.08 bits per heavy atom. The SMILES string of the molecule is Cc1ccc(C(F)(F)C=O)cc1.O. The first kappa shape index (κ1) is 11.7. The minimum atomic E-state index is -3.35.